The average molecular weight is 243 g/mol. The minimum atomic E-state index is -5.67. The summed E-state index contributed by atoms with van der Waals surface area (Å²) in [7, 11) is -5.67. The van der Waals surface area contributed by atoms with E-state index >= 15 is 0 Å². The Morgan fingerprint density at radius 3 is 2.47 bits per heavy atom. The molecule has 0 saturated carbocycles. The molecule has 0 fully saturated rings. The van der Waals surface area contributed by atoms with Crippen molar-refractivity contribution in [1.82, 2.24) is 14.9 Å². The van der Waals surface area contributed by atoms with Gasteiger partial charge >= 0.3 is 15.5 Å². The highest BCUT2D eigenvalue weighted by molar-refractivity contribution is 7.90. The first-order valence-corrected chi connectivity index (χ1v) is 4.85. The molecule has 84 valence electrons. The number of hydrogen-bond donors (Lipinski definition) is 2. The summed E-state index contributed by atoms with van der Waals surface area (Å²) in [5, 5.41) is 5.29. The predicted octanol–water partition coefficient (Wildman–Crippen LogP) is -0.0109. The topological polar surface area (TPSA) is 91.9 Å². The quantitative estimate of drug-likeness (QED) is 0.764. The van der Waals surface area contributed by atoms with Gasteiger partial charge in [-0.3, -0.25) is 9.89 Å². The summed E-state index contributed by atoms with van der Waals surface area (Å²) in [6.45, 7) is 0. The maximum atomic E-state index is 11.8. The van der Waals surface area contributed by atoms with Crippen LogP contribution in [0.4, 0.5) is 13.2 Å². The van der Waals surface area contributed by atoms with Crippen molar-refractivity contribution in [1.29, 1.82) is 0 Å². The number of sulfonamides is 1. The summed E-state index contributed by atoms with van der Waals surface area (Å²) < 4.78 is 57.2. The van der Waals surface area contributed by atoms with Gasteiger partial charge in [-0.15, -0.1) is 0 Å². The van der Waals surface area contributed by atoms with E-state index < -0.39 is 21.4 Å². The lowest BCUT2D eigenvalue weighted by molar-refractivity contribution is -0.0446. The molecule has 0 aliphatic carbocycles. The lowest BCUT2D eigenvalue weighted by Gasteiger charge is -2.07. The van der Waals surface area contributed by atoms with Gasteiger partial charge in [0, 0.05) is 6.20 Å². The first kappa shape index (κ1) is 11.5. The molecule has 6 nitrogen and oxygen atoms in total. The fraction of sp³-hybridized carbons (Fsp3) is 0.200. The number of H-pyrrole nitrogens is 1. The van der Waals surface area contributed by atoms with Gasteiger partial charge in [0.25, 0.3) is 5.91 Å². The number of nitrogens with one attached hydrogen (secondary N) is 2. The maximum absolute atomic E-state index is 11.8. The van der Waals surface area contributed by atoms with Gasteiger partial charge in [0.15, 0.2) is 0 Å². The molecule has 2 N–H and O–H groups in total. The van der Waals surface area contributed by atoms with Crippen LogP contribution in [0.2, 0.25) is 0 Å². The molecule has 0 aromatic carbocycles. The standard InChI is InChI=1S/C5H4F3N3O3S/c6-5(7,8)15(13,14)11-4(12)3-1-2-9-10-3/h1-2H,(H,9,10)(H,11,12). The monoisotopic (exact) mass is 243 g/mol. The number of aromatic nitrogens is 2. The van der Waals surface area contributed by atoms with E-state index in [9.17, 15) is 26.4 Å². The van der Waals surface area contributed by atoms with Gasteiger partial charge in [-0.1, -0.05) is 0 Å². The van der Waals surface area contributed by atoms with Crippen molar-refractivity contribution in [2.45, 2.75) is 5.51 Å². The van der Waals surface area contributed by atoms with Crippen LogP contribution in [-0.4, -0.2) is 30.0 Å². The molecule has 0 atom stereocenters. The van der Waals surface area contributed by atoms with E-state index in [-0.39, 0.29) is 5.69 Å². The highest BCUT2D eigenvalue weighted by Crippen LogP contribution is 2.21. The van der Waals surface area contributed by atoms with Crippen LogP contribution in [0.25, 0.3) is 0 Å². The maximum Gasteiger partial charge on any atom is 0.516 e. The zero-order valence-electron chi connectivity index (χ0n) is 6.87. The fourth-order valence-corrected chi connectivity index (χ4v) is 1.09. The molecule has 0 radical (unpaired) electrons. The summed E-state index contributed by atoms with van der Waals surface area (Å²) in [6, 6.07) is 1.03. The largest absolute Gasteiger partial charge is 0.516 e. The second-order valence-corrected chi connectivity index (χ2v) is 4.02. The summed E-state index contributed by atoms with van der Waals surface area (Å²) >= 11 is 0. The van der Waals surface area contributed by atoms with Crippen LogP contribution in [0.5, 0.6) is 0 Å². The van der Waals surface area contributed by atoms with E-state index in [2.05, 4.69) is 5.10 Å². The zero-order chi connectivity index (χ0) is 11.7. The van der Waals surface area contributed by atoms with Crippen molar-refractivity contribution >= 4 is 15.9 Å². The van der Waals surface area contributed by atoms with Crippen molar-refractivity contribution in [2.75, 3.05) is 0 Å². The molecule has 0 spiro atoms. The lowest BCUT2D eigenvalue weighted by Crippen LogP contribution is -2.40. The van der Waals surface area contributed by atoms with Crippen LogP contribution in [0.1, 0.15) is 10.5 Å². The van der Waals surface area contributed by atoms with Crippen LogP contribution in [0.3, 0.4) is 0 Å². The lowest BCUT2D eigenvalue weighted by atomic mass is 10.4. The number of amides is 1. The Bertz CT molecular complexity index is 450. The van der Waals surface area contributed by atoms with Crippen LogP contribution in [-0.2, 0) is 10.0 Å². The Morgan fingerprint density at radius 1 is 1.47 bits per heavy atom. The van der Waals surface area contributed by atoms with Gasteiger partial charge in [-0.25, -0.2) is 4.72 Å². The normalized spacial score (nSPS) is 12.5. The number of alkyl halides is 3. The van der Waals surface area contributed by atoms with E-state index in [1.54, 1.807) is 0 Å². The van der Waals surface area contributed by atoms with Gasteiger partial charge in [0.1, 0.15) is 5.69 Å². The minimum absolute atomic E-state index is 0.386. The third-order valence-electron chi connectivity index (χ3n) is 1.28. The number of rotatable bonds is 2. The zero-order valence-corrected chi connectivity index (χ0v) is 7.69. The van der Waals surface area contributed by atoms with Gasteiger partial charge < -0.3 is 0 Å². The molecule has 1 aromatic rings. The third-order valence-corrected chi connectivity index (χ3v) is 2.34. The number of carbonyl (C=O) groups is 1. The SMILES string of the molecule is O=C(NS(=O)(=O)C(F)(F)F)c1ccn[nH]1. The molecule has 0 unspecified atom stereocenters. The van der Waals surface area contributed by atoms with Gasteiger partial charge in [-0.2, -0.15) is 26.7 Å². The Morgan fingerprint density at radius 2 is 2.07 bits per heavy atom. The minimum Gasteiger partial charge on any atom is -0.273 e. The molecule has 0 aliphatic rings. The smallest absolute Gasteiger partial charge is 0.273 e. The molecule has 1 heterocycles. The van der Waals surface area contributed by atoms with Crippen LogP contribution < -0.4 is 4.72 Å². The van der Waals surface area contributed by atoms with Crippen LogP contribution in [0.15, 0.2) is 12.3 Å². The van der Waals surface area contributed by atoms with Crippen molar-refractivity contribution in [2.24, 2.45) is 0 Å². The molecule has 0 saturated heterocycles. The first-order valence-electron chi connectivity index (χ1n) is 3.37. The average Bonchev–Trinajstić information content (AvgIpc) is 2.51. The van der Waals surface area contributed by atoms with Gasteiger partial charge in [0.2, 0.25) is 0 Å². The Hall–Kier alpha value is -1.58. The van der Waals surface area contributed by atoms with Crippen molar-refractivity contribution in [3.63, 3.8) is 0 Å². The Kier molecular flexibility index (Phi) is 2.71. The van der Waals surface area contributed by atoms with E-state index in [1.165, 1.54) is 0 Å². The molecule has 0 bridgehead atoms. The van der Waals surface area contributed by atoms with Crippen LogP contribution in [0, 0.1) is 0 Å². The summed E-state index contributed by atoms with van der Waals surface area (Å²) in [5.74, 6) is -1.43. The summed E-state index contributed by atoms with van der Waals surface area (Å²) in [5.41, 5.74) is -5.91. The molecular weight excluding hydrogens is 239 g/mol. The first-order chi connectivity index (χ1) is 6.74. The van der Waals surface area contributed by atoms with Crippen molar-refractivity contribution in [3.8, 4) is 0 Å². The predicted molar refractivity (Wildman–Crippen MR) is 41.0 cm³/mol. The summed E-state index contributed by atoms with van der Waals surface area (Å²) in [4.78, 5) is 10.9. The molecular formula is C5H4F3N3O3S. The molecule has 1 rings (SSSR count). The summed E-state index contributed by atoms with van der Waals surface area (Å²) in [6.07, 6.45) is 1.09. The highest BCUT2D eigenvalue weighted by atomic mass is 32.2. The van der Waals surface area contributed by atoms with Crippen molar-refractivity contribution < 1.29 is 26.4 Å². The number of halogens is 3. The molecule has 0 aliphatic heterocycles. The Labute approximate surface area is 81.5 Å². The highest BCUT2D eigenvalue weighted by Gasteiger charge is 2.47. The molecule has 1 aromatic heterocycles. The molecule has 10 heteroatoms. The van der Waals surface area contributed by atoms with E-state index in [4.69, 9.17) is 0 Å². The molecule has 1 amide bonds. The van der Waals surface area contributed by atoms with Gasteiger partial charge in [-0.05, 0) is 6.07 Å². The van der Waals surface area contributed by atoms with Gasteiger partial charge in [0.05, 0.1) is 0 Å². The second kappa shape index (κ2) is 3.53. The van der Waals surface area contributed by atoms with E-state index in [0.29, 0.717) is 0 Å². The second-order valence-electron chi connectivity index (χ2n) is 2.35. The fourth-order valence-electron chi connectivity index (χ4n) is 0.617. The number of hydrogen-bond acceptors (Lipinski definition) is 4. The number of aromatic amines is 1. The Balaban J connectivity index is 2.85. The van der Waals surface area contributed by atoms with E-state index in [1.807, 2.05) is 5.10 Å². The van der Waals surface area contributed by atoms with Crippen LogP contribution >= 0.6 is 0 Å². The third kappa shape index (κ3) is 2.46. The number of carbonyl (C=O) groups excluding carboxylic acids is 1. The molecule has 15 heavy (non-hydrogen) atoms. The van der Waals surface area contributed by atoms with Crippen molar-refractivity contribution in [3.05, 3.63) is 18.0 Å². The van der Waals surface area contributed by atoms with E-state index in [0.717, 1.165) is 17.0 Å². The number of nitrogens with zero attached hydrogens (tertiary/aromatic N) is 1.